The molecular formula is C16H21FN4. The SMILES string of the molecule is CCCNCc1cnc(N(C)Cc2ccccc2F)cn1. The molecule has 0 aliphatic heterocycles. The molecule has 1 aromatic heterocycles. The fourth-order valence-electron chi connectivity index (χ4n) is 1.99. The average Bonchev–Trinajstić information content (AvgIpc) is 2.50. The number of aromatic nitrogens is 2. The zero-order valence-corrected chi connectivity index (χ0v) is 12.5. The van der Waals surface area contributed by atoms with E-state index in [2.05, 4.69) is 22.2 Å². The van der Waals surface area contributed by atoms with Gasteiger partial charge in [-0.15, -0.1) is 0 Å². The zero-order valence-electron chi connectivity index (χ0n) is 12.5. The highest BCUT2D eigenvalue weighted by molar-refractivity contribution is 5.36. The summed E-state index contributed by atoms with van der Waals surface area (Å²) >= 11 is 0. The summed E-state index contributed by atoms with van der Waals surface area (Å²) in [6.45, 7) is 4.28. The van der Waals surface area contributed by atoms with Crippen molar-refractivity contribution in [1.82, 2.24) is 15.3 Å². The summed E-state index contributed by atoms with van der Waals surface area (Å²) in [6, 6.07) is 6.77. The van der Waals surface area contributed by atoms with Gasteiger partial charge in [0.05, 0.1) is 18.1 Å². The van der Waals surface area contributed by atoms with Crippen molar-refractivity contribution in [2.75, 3.05) is 18.5 Å². The van der Waals surface area contributed by atoms with Gasteiger partial charge >= 0.3 is 0 Å². The lowest BCUT2D eigenvalue weighted by atomic mass is 10.2. The average molecular weight is 288 g/mol. The number of nitrogens with one attached hydrogen (secondary N) is 1. The minimum absolute atomic E-state index is 0.197. The maximum absolute atomic E-state index is 13.6. The van der Waals surface area contributed by atoms with E-state index in [1.165, 1.54) is 6.07 Å². The molecule has 0 spiro atoms. The van der Waals surface area contributed by atoms with Gasteiger partial charge in [0, 0.05) is 25.7 Å². The topological polar surface area (TPSA) is 41.1 Å². The Kier molecular flexibility index (Phi) is 5.63. The molecule has 112 valence electrons. The third-order valence-electron chi connectivity index (χ3n) is 3.18. The van der Waals surface area contributed by atoms with Crippen molar-refractivity contribution in [1.29, 1.82) is 0 Å². The Morgan fingerprint density at radius 3 is 2.67 bits per heavy atom. The van der Waals surface area contributed by atoms with E-state index in [9.17, 15) is 4.39 Å². The highest BCUT2D eigenvalue weighted by Gasteiger charge is 2.07. The predicted molar refractivity (Wildman–Crippen MR) is 82.5 cm³/mol. The van der Waals surface area contributed by atoms with Crippen LogP contribution in [0.3, 0.4) is 0 Å². The number of anilines is 1. The molecule has 0 aliphatic carbocycles. The molecule has 0 bridgehead atoms. The summed E-state index contributed by atoms with van der Waals surface area (Å²) < 4.78 is 13.6. The molecule has 21 heavy (non-hydrogen) atoms. The quantitative estimate of drug-likeness (QED) is 0.795. The standard InChI is InChI=1S/C16H21FN4/c1-3-8-18-9-14-10-20-16(11-19-14)21(2)12-13-6-4-5-7-15(13)17/h4-7,10-11,18H,3,8-9,12H2,1-2H3. The molecule has 0 saturated heterocycles. The van der Waals surface area contributed by atoms with Gasteiger partial charge in [0.15, 0.2) is 0 Å². The Balaban J connectivity index is 1.96. The van der Waals surface area contributed by atoms with Crippen molar-refractivity contribution in [3.63, 3.8) is 0 Å². The molecule has 0 amide bonds. The normalized spacial score (nSPS) is 10.6. The predicted octanol–water partition coefficient (Wildman–Crippen LogP) is 2.75. The number of hydrogen-bond donors (Lipinski definition) is 1. The summed E-state index contributed by atoms with van der Waals surface area (Å²) in [5.41, 5.74) is 1.56. The van der Waals surface area contributed by atoms with Gasteiger partial charge < -0.3 is 10.2 Å². The second-order valence-corrected chi connectivity index (χ2v) is 4.99. The van der Waals surface area contributed by atoms with Crippen LogP contribution in [-0.4, -0.2) is 23.6 Å². The monoisotopic (exact) mass is 288 g/mol. The molecular weight excluding hydrogens is 267 g/mol. The highest BCUT2D eigenvalue weighted by atomic mass is 19.1. The molecule has 1 N–H and O–H groups in total. The maximum Gasteiger partial charge on any atom is 0.147 e. The lowest BCUT2D eigenvalue weighted by molar-refractivity contribution is 0.607. The minimum Gasteiger partial charge on any atom is -0.354 e. The molecule has 0 aliphatic rings. The second-order valence-electron chi connectivity index (χ2n) is 4.99. The fraction of sp³-hybridized carbons (Fsp3) is 0.375. The van der Waals surface area contributed by atoms with Gasteiger partial charge in [0.2, 0.25) is 0 Å². The summed E-state index contributed by atoms with van der Waals surface area (Å²) in [6.07, 6.45) is 4.58. The van der Waals surface area contributed by atoms with Crippen molar-refractivity contribution >= 4 is 5.82 Å². The molecule has 2 rings (SSSR count). The van der Waals surface area contributed by atoms with Crippen LogP contribution in [-0.2, 0) is 13.1 Å². The van der Waals surface area contributed by atoms with E-state index >= 15 is 0 Å². The first kappa shape index (κ1) is 15.4. The van der Waals surface area contributed by atoms with E-state index in [1.54, 1.807) is 24.5 Å². The van der Waals surface area contributed by atoms with Crippen LogP contribution in [0.4, 0.5) is 10.2 Å². The Bertz CT molecular complexity index is 556. The number of halogens is 1. The Morgan fingerprint density at radius 2 is 2.00 bits per heavy atom. The minimum atomic E-state index is -0.197. The number of benzene rings is 1. The molecule has 0 fully saturated rings. The van der Waals surface area contributed by atoms with Crippen molar-refractivity contribution < 1.29 is 4.39 Å². The van der Waals surface area contributed by atoms with E-state index < -0.39 is 0 Å². The fourth-order valence-corrected chi connectivity index (χ4v) is 1.99. The maximum atomic E-state index is 13.6. The van der Waals surface area contributed by atoms with Gasteiger partial charge in [-0.25, -0.2) is 9.37 Å². The first-order valence-corrected chi connectivity index (χ1v) is 7.17. The summed E-state index contributed by atoms with van der Waals surface area (Å²) in [5, 5.41) is 3.28. The largest absolute Gasteiger partial charge is 0.354 e. The molecule has 4 nitrogen and oxygen atoms in total. The molecule has 0 atom stereocenters. The van der Waals surface area contributed by atoms with Gasteiger partial charge in [-0.2, -0.15) is 0 Å². The first-order chi connectivity index (χ1) is 10.2. The molecule has 2 aromatic rings. The Labute approximate surface area is 125 Å². The van der Waals surface area contributed by atoms with Gasteiger partial charge in [-0.05, 0) is 19.0 Å². The summed E-state index contributed by atoms with van der Waals surface area (Å²) in [7, 11) is 1.88. The van der Waals surface area contributed by atoms with Crippen LogP contribution in [0.2, 0.25) is 0 Å². The first-order valence-electron chi connectivity index (χ1n) is 7.17. The summed E-state index contributed by atoms with van der Waals surface area (Å²) in [4.78, 5) is 10.6. The van der Waals surface area contributed by atoms with E-state index in [0.717, 1.165) is 31.0 Å². The number of rotatable bonds is 7. The highest BCUT2D eigenvalue weighted by Crippen LogP contribution is 2.14. The van der Waals surface area contributed by atoms with Crippen LogP contribution in [0.25, 0.3) is 0 Å². The molecule has 0 radical (unpaired) electrons. The van der Waals surface area contributed by atoms with E-state index in [1.807, 2.05) is 18.0 Å². The molecule has 5 heteroatoms. The third kappa shape index (κ3) is 4.49. The van der Waals surface area contributed by atoms with Gasteiger partial charge in [0.1, 0.15) is 11.6 Å². The van der Waals surface area contributed by atoms with Gasteiger partial charge in [0.25, 0.3) is 0 Å². The lowest BCUT2D eigenvalue weighted by Gasteiger charge is -2.18. The van der Waals surface area contributed by atoms with E-state index in [-0.39, 0.29) is 5.82 Å². The molecule has 0 unspecified atom stereocenters. The Hall–Kier alpha value is -2.01. The van der Waals surface area contributed by atoms with Crippen molar-refractivity contribution in [2.24, 2.45) is 0 Å². The smallest absolute Gasteiger partial charge is 0.147 e. The van der Waals surface area contributed by atoms with Crippen molar-refractivity contribution in [3.8, 4) is 0 Å². The Morgan fingerprint density at radius 1 is 1.19 bits per heavy atom. The summed E-state index contributed by atoms with van der Waals surface area (Å²) in [5.74, 6) is 0.537. The van der Waals surface area contributed by atoms with Crippen molar-refractivity contribution in [3.05, 3.63) is 53.7 Å². The van der Waals surface area contributed by atoms with Crippen molar-refractivity contribution in [2.45, 2.75) is 26.4 Å². The van der Waals surface area contributed by atoms with Gasteiger partial charge in [-0.1, -0.05) is 25.1 Å². The van der Waals surface area contributed by atoms with Crippen LogP contribution in [0.5, 0.6) is 0 Å². The molecule has 0 saturated carbocycles. The number of hydrogen-bond acceptors (Lipinski definition) is 4. The van der Waals surface area contributed by atoms with Crippen LogP contribution < -0.4 is 10.2 Å². The zero-order chi connectivity index (χ0) is 15.1. The van der Waals surface area contributed by atoms with Gasteiger partial charge in [-0.3, -0.25) is 4.98 Å². The van der Waals surface area contributed by atoms with Crippen LogP contribution in [0, 0.1) is 5.82 Å². The second kappa shape index (κ2) is 7.69. The lowest BCUT2D eigenvalue weighted by Crippen LogP contribution is -2.20. The van der Waals surface area contributed by atoms with Crippen LogP contribution >= 0.6 is 0 Å². The molecule has 1 aromatic carbocycles. The van der Waals surface area contributed by atoms with Crippen LogP contribution in [0.15, 0.2) is 36.7 Å². The van der Waals surface area contributed by atoms with E-state index in [0.29, 0.717) is 12.1 Å². The molecule has 1 heterocycles. The van der Waals surface area contributed by atoms with E-state index in [4.69, 9.17) is 0 Å². The van der Waals surface area contributed by atoms with Crippen LogP contribution in [0.1, 0.15) is 24.6 Å². The number of nitrogens with zero attached hydrogens (tertiary/aromatic N) is 3. The third-order valence-corrected chi connectivity index (χ3v) is 3.18.